The van der Waals surface area contributed by atoms with Gasteiger partial charge < -0.3 is 23.7 Å². The van der Waals surface area contributed by atoms with Crippen LogP contribution in [0.15, 0.2) is 42.6 Å². The van der Waals surface area contributed by atoms with Crippen molar-refractivity contribution in [1.82, 2.24) is 4.98 Å². The van der Waals surface area contributed by atoms with E-state index >= 15 is 0 Å². The van der Waals surface area contributed by atoms with Crippen molar-refractivity contribution in [3.63, 3.8) is 0 Å². The molecule has 0 spiro atoms. The van der Waals surface area contributed by atoms with Crippen LogP contribution in [-0.4, -0.2) is 57.2 Å². The van der Waals surface area contributed by atoms with E-state index in [9.17, 15) is 14.4 Å². The zero-order valence-electron chi connectivity index (χ0n) is 18.7. The monoisotopic (exact) mass is 453 g/mol. The molecule has 172 valence electrons. The van der Waals surface area contributed by atoms with E-state index in [2.05, 4.69) is 9.72 Å². The molecule has 9 nitrogen and oxygen atoms in total. The summed E-state index contributed by atoms with van der Waals surface area (Å²) in [5.41, 5.74) is 0.577. The van der Waals surface area contributed by atoms with Gasteiger partial charge in [0, 0.05) is 22.5 Å². The summed E-state index contributed by atoms with van der Waals surface area (Å²) < 4.78 is 25.8. The van der Waals surface area contributed by atoms with Gasteiger partial charge in [0.25, 0.3) is 0 Å². The van der Waals surface area contributed by atoms with Gasteiger partial charge >= 0.3 is 11.9 Å². The second kappa shape index (κ2) is 10.4. The first-order chi connectivity index (χ1) is 15.9. The van der Waals surface area contributed by atoms with Gasteiger partial charge in [-0.1, -0.05) is 12.1 Å². The van der Waals surface area contributed by atoms with Gasteiger partial charge in [-0.25, -0.2) is 9.59 Å². The van der Waals surface area contributed by atoms with Crippen molar-refractivity contribution in [3.8, 4) is 17.2 Å². The first-order valence-corrected chi connectivity index (χ1v) is 9.99. The van der Waals surface area contributed by atoms with Crippen LogP contribution in [0, 0.1) is 0 Å². The molecule has 0 saturated carbocycles. The number of carbonyl (C=O) groups excluding carboxylic acids is 3. The number of aromatic nitrogens is 1. The van der Waals surface area contributed by atoms with Crippen LogP contribution in [0.25, 0.3) is 10.8 Å². The Morgan fingerprint density at radius 3 is 2.27 bits per heavy atom. The molecule has 9 heteroatoms. The predicted molar refractivity (Wildman–Crippen MR) is 118 cm³/mol. The lowest BCUT2D eigenvalue weighted by atomic mass is 9.99. The van der Waals surface area contributed by atoms with E-state index in [4.69, 9.17) is 18.9 Å². The van der Waals surface area contributed by atoms with E-state index in [0.29, 0.717) is 28.0 Å². The van der Waals surface area contributed by atoms with Crippen LogP contribution >= 0.6 is 0 Å². The molecule has 0 fully saturated rings. The second-order valence-corrected chi connectivity index (χ2v) is 6.72. The van der Waals surface area contributed by atoms with Crippen molar-refractivity contribution < 1.29 is 38.1 Å². The van der Waals surface area contributed by atoms with Gasteiger partial charge in [0.05, 0.1) is 33.5 Å². The van der Waals surface area contributed by atoms with Crippen molar-refractivity contribution in [2.24, 2.45) is 0 Å². The zero-order chi connectivity index (χ0) is 24.0. The molecule has 3 aromatic rings. The summed E-state index contributed by atoms with van der Waals surface area (Å²) >= 11 is 0. The fourth-order valence-corrected chi connectivity index (χ4v) is 3.18. The third-order valence-corrected chi connectivity index (χ3v) is 4.78. The second-order valence-electron chi connectivity index (χ2n) is 6.72. The minimum Gasteiger partial charge on any atom is -0.493 e. The SMILES string of the molecule is CCOC(=O)c1cnc(C(=O)c2cccc(OCC(=O)OC)c2)c2cc(OC)c(OC)cc12. The topological polar surface area (TPSA) is 110 Å². The molecule has 0 aliphatic rings. The molecule has 33 heavy (non-hydrogen) atoms. The Morgan fingerprint density at radius 2 is 1.64 bits per heavy atom. The number of carbonyl (C=O) groups is 3. The number of methoxy groups -OCH3 is 3. The van der Waals surface area contributed by atoms with Crippen molar-refractivity contribution in [3.05, 3.63) is 59.4 Å². The van der Waals surface area contributed by atoms with Crippen LogP contribution < -0.4 is 14.2 Å². The van der Waals surface area contributed by atoms with Gasteiger partial charge in [-0.3, -0.25) is 9.78 Å². The molecule has 0 bridgehead atoms. The molecule has 0 aliphatic carbocycles. The van der Waals surface area contributed by atoms with Crippen LogP contribution in [0.5, 0.6) is 17.2 Å². The molecule has 0 radical (unpaired) electrons. The average molecular weight is 453 g/mol. The molecular formula is C24H23NO8. The Balaban J connectivity index is 2.11. The summed E-state index contributed by atoms with van der Waals surface area (Å²) in [6.45, 7) is 1.59. The largest absolute Gasteiger partial charge is 0.493 e. The molecule has 1 aromatic heterocycles. The maximum Gasteiger partial charge on any atom is 0.343 e. The van der Waals surface area contributed by atoms with E-state index in [1.807, 2.05) is 0 Å². The maximum absolute atomic E-state index is 13.4. The molecule has 2 aromatic carbocycles. The van der Waals surface area contributed by atoms with Crippen molar-refractivity contribution in [1.29, 1.82) is 0 Å². The summed E-state index contributed by atoms with van der Waals surface area (Å²) in [6.07, 6.45) is 1.30. The van der Waals surface area contributed by atoms with Crippen LogP contribution in [0.4, 0.5) is 0 Å². The number of hydrogen-bond donors (Lipinski definition) is 0. The fraction of sp³-hybridized carbons (Fsp3) is 0.250. The quantitative estimate of drug-likeness (QED) is 0.356. The van der Waals surface area contributed by atoms with Gasteiger partial charge in [0.1, 0.15) is 11.4 Å². The normalized spacial score (nSPS) is 10.4. The van der Waals surface area contributed by atoms with Crippen LogP contribution in [0.1, 0.15) is 33.3 Å². The summed E-state index contributed by atoms with van der Waals surface area (Å²) in [6, 6.07) is 9.53. The number of ether oxygens (including phenoxy) is 5. The van der Waals surface area contributed by atoms with Crippen LogP contribution in [-0.2, 0) is 14.3 Å². The molecule has 0 saturated heterocycles. The average Bonchev–Trinajstić information content (AvgIpc) is 2.85. The first-order valence-electron chi connectivity index (χ1n) is 9.99. The van der Waals surface area contributed by atoms with Gasteiger partial charge in [0.2, 0.25) is 5.78 Å². The van der Waals surface area contributed by atoms with Gasteiger partial charge in [0.15, 0.2) is 18.1 Å². The van der Waals surface area contributed by atoms with E-state index in [0.717, 1.165) is 0 Å². The molecular weight excluding hydrogens is 430 g/mol. The lowest BCUT2D eigenvalue weighted by Gasteiger charge is -2.14. The van der Waals surface area contributed by atoms with Crippen molar-refractivity contribution in [2.75, 3.05) is 34.5 Å². The Kier molecular flexibility index (Phi) is 7.45. The molecule has 0 amide bonds. The number of ketones is 1. The maximum atomic E-state index is 13.4. The third kappa shape index (κ3) is 5.03. The van der Waals surface area contributed by atoms with Crippen LogP contribution in [0.2, 0.25) is 0 Å². The molecule has 0 unspecified atom stereocenters. The molecule has 0 N–H and O–H groups in total. The number of esters is 2. The fourth-order valence-electron chi connectivity index (χ4n) is 3.18. The van der Waals surface area contributed by atoms with Crippen molar-refractivity contribution >= 4 is 28.5 Å². The van der Waals surface area contributed by atoms with E-state index in [1.54, 1.807) is 37.3 Å². The lowest BCUT2D eigenvalue weighted by molar-refractivity contribution is -0.142. The molecule has 0 aliphatic heterocycles. The minimum atomic E-state index is -0.570. The first kappa shape index (κ1) is 23.5. The highest BCUT2D eigenvalue weighted by molar-refractivity contribution is 6.18. The Bertz CT molecular complexity index is 1200. The van der Waals surface area contributed by atoms with Gasteiger partial charge in [-0.2, -0.15) is 0 Å². The number of fused-ring (bicyclic) bond motifs is 1. The summed E-state index contributed by atoms with van der Waals surface area (Å²) in [7, 11) is 4.20. The Hall–Kier alpha value is -4.14. The predicted octanol–water partition coefficient (Wildman–Crippen LogP) is 3.21. The standard InChI is InChI=1S/C24H23NO8/c1-5-32-24(28)18-12-25-22(17-11-20(30-3)19(29-2)10-16(17)18)23(27)14-7-6-8-15(9-14)33-13-21(26)31-4/h6-12H,5,13H2,1-4H3. The third-order valence-electron chi connectivity index (χ3n) is 4.78. The van der Waals surface area contributed by atoms with E-state index < -0.39 is 17.7 Å². The molecule has 0 atom stereocenters. The summed E-state index contributed by atoms with van der Waals surface area (Å²) in [5, 5.41) is 0.826. The number of benzene rings is 2. The Morgan fingerprint density at radius 1 is 0.939 bits per heavy atom. The molecule has 3 rings (SSSR count). The number of rotatable bonds is 9. The van der Waals surface area contributed by atoms with Gasteiger partial charge in [-0.05, 0) is 31.2 Å². The van der Waals surface area contributed by atoms with Crippen LogP contribution in [0.3, 0.4) is 0 Å². The van der Waals surface area contributed by atoms with E-state index in [1.165, 1.54) is 33.6 Å². The molecule has 1 heterocycles. The Labute approximate surface area is 190 Å². The number of nitrogens with zero attached hydrogens (tertiary/aromatic N) is 1. The highest BCUT2D eigenvalue weighted by Gasteiger charge is 2.22. The smallest absolute Gasteiger partial charge is 0.343 e. The number of hydrogen-bond acceptors (Lipinski definition) is 9. The van der Waals surface area contributed by atoms with Crippen molar-refractivity contribution in [2.45, 2.75) is 6.92 Å². The summed E-state index contributed by atoms with van der Waals surface area (Å²) in [5.74, 6) is -0.450. The highest BCUT2D eigenvalue weighted by Crippen LogP contribution is 2.35. The minimum absolute atomic E-state index is 0.101. The zero-order valence-corrected chi connectivity index (χ0v) is 18.7. The summed E-state index contributed by atoms with van der Waals surface area (Å²) in [4.78, 5) is 41.5. The van der Waals surface area contributed by atoms with Gasteiger partial charge in [-0.15, -0.1) is 0 Å². The number of pyridine rings is 1. The highest BCUT2D eigenvalue weighted by atomic mass is 16.6. The lowest BCUT2D eigenvalue weighted by Crippen LogP contribution is -2.13. The van der Waals surface area contributed by atoms with E-state index in [-0.39, 0.29) is 30.0 Å².